The van der Waals surface area contributed by atoms with Gasteiger partial charge in [-0.25, -0.2) is 0 Å². The van der Waals surface area contributed by atoms with E-state index in [4.69, 9.17) is 11.5 Å². The van der Waals surface area contributed by atoms with Crippen LogP contribution in [0.5, 0.6) is 0 Å². The molecule has 2 aliphatic rings. The molecule has 2 aromatic rings. The van der Waals surface area contributed by atoms with Crippen LogP contribution in [0.1, 0.15) is 60.3 Å². The van der Waals surface area contributed by atoms with Crippen LogP contribution in [-0.4, -0.2) is 9.97 Å². The molecule has 2 aromatic heterocycles. The number of nitrogens with two attached hydrogens (primary N) is 2. The monoisotopic (exact) mass is 550 g/mol. The van der Waals surface area contributed by atoms with Crippen molar-refractivity contribution in [1.82, 2.24) is 9.97 Å². The first-order chi connectivity index (χ1) is 11.8. The summed E-state index contributed by atoms with van der Waals surface area (Å²) in [7, 11) is 0. The number of aryl methyl sites for hydroxylation is 2. The molecule has 2 heterocycles. The van der Waals surface area contributed by atoms with Crippen LogP contribution >= 0.6 is 37.2 Å². The number of aromatic nitrogens is 2. The van der Waals surface area contributed by atoms with Crippen molar-refractivity contribution in [3.63, 3.8) is 0 Å². The minimum atomic E-state index is 0.181. The first kappa shape index (κ1) is 20.0. The predicted octanol–water partition coefficient (Wildman–Crippen LogP) is 4.61. The van der Waals surface area contributed by atoms with E-state index in [0.29, 0.717) is 0 Å². The summed E-state index contributed by atoms with van der Waals surface area (Å²) in [4.78, 5) is 8.55. The number of hydrogen-bond donors (Lipinski definition) is 2. The van der Waals surface area contributed by atoms with Crippen LogP contribution in [0.25, 0.3) is 0 Å². The van der Waals surface area contributed by atoms with Gasteiger partial charge in [-0.2, -0.15) is 0 Å². The van der Waals surface area contributed by atoms with Gasteiger partial charge in [-0.15, -0.1) is 0 Å². The highest BCUT2D eigenvalue weighted by atomic mass is 128. The third-order valence-corrected chi connectivity index (χ3v) is 4.48. The molecule has 0 amide bonds. The molecule has 0 bridgehead atoms. The number of pyridine rings is 2. The molecule has 0 saturated carbocycles. The number of halogens is 2. The summed E-state index contributed by atoms with van der Waals surface area (Å²) in [6.07, 6.45) is 10.5. The number of fused-ring (bicyclic) bond motifs is 2. The molecule has 0 aliphatic heterocycles. The van der Waals surface area contributed by atoms with Crippen LogP contribution in [0, 0.1) is 0 Å². The molecule has 0 unspecified atom stereocenters. The van der Waals surface area contributed by atoms with E-state index >= 15 is 0 Å². The Morgan fingerprint density at radius 3 is 1.58 bits per heavy atom. The molecular weight excluding hydrogens is 526 g/mol. The van der Waals surface area contributed by atoms with Crippen molar-refractivity contribution in [1.29, 1.82) is 0 Å². The van der Waals surface area contributed by atoms with E-state index in [1.807, 2.05) is 24.5 Å². The van der Waals surface area contributed by atoms with Gasteiger partial charge in [0.1, 0.15) is 0 Å². The molecule has 0 saturated heterocycles. The molecular formula is C18H24I2N4. The van der Waals surface area contributed by atoms with Gasteiger partial charge in [-0.3, -0.25) is 9.97 Å². The second-order valence-corrected chi connectivity index (χ2v) is 6.09. The average molecular weight is 550 g/mol. The van der Waals surface area contributed by atoms with Crippen molar-refractivity contribution in [3.8, 4) is 0 Å². The fourth-order valence-electron chi connectivity index (χ4n) is 3.29. The van der Waals surface area contributed by atoms with Crippen LogP contribution in [0.2, 0.25) is 0 Å². The van der Waals surface area contributed by atoms with Crippen molar-refractivity contribution in [3.05, 3.63) is 59.2 Å². The van der Waals surface area contributed by atoms with Crippen molar-refractivity contribution < 1.29 is 0 Å². The molecule has 4 rings (SSSR count). The summed E-state index contributed by atoms with van der Waals surface area (Å²) in [5.74, 6) is 0. The normalized spacial score (nSPS) is 21.2. The van der Waals surface area contributed by atoms with Crippen LogP contribution < -0.4 is 11.5 Å². The molecule has 2 atom stereocenters. The highest BCUT2D eigenvalue weighted by Gasteiger charge is 2.17. The second-order valence-electron chi connectivity index (χ2n) is 6.09. The summed E-state index contributed by atoms with van der Waals surface area (Å²) in [5, 5.41) is 0. The minimum Gasteiger partial charge on any atom is -0.323 e. The van der Waals surface area contributed by atoms with Crippen LogP contribution in [0.4, 0.5) is 0 Å². The Morgan fingerprint density at radius 1 is 0.792 bits per heavy atom. The average Bonchev–Trinajstić information content (AvgIpc) is 2.65. The van der Waals surface area contributed by atoms with E-state index in [0.717, 1.165) is 37.1 Å². The first-order valence-electron chi connectivity index (χ1n) is 8.28. The van der Waals surface area contributed by atoms with Crippen molar-refractivity contribution >= 4 is 37.2 Å². The van der Waals surface area contributed by atoms with Gasteiger partial charge in [0, 0.05) is 61.7 Å². The lowest BCUT2D eigenvalue weighted by atomic mass is 9.93. The van der Waals surface area contributed by atoms with Gasteiger partial charge >= 0.3 is 0 Å². The maximum Gasteiger partial charge on any atom is 0.0602 e. The van der Waals surface area contributed by atoms with Gasteiger partial charge in [0.05, 0.1) is 11.4 Å². The summed E-state index contributed by atoms with van der Waals surface area (Å²) in [6, 6.07) is 8.58. The Morgan fingerprint density at radius 2 is 1.21 bits per heavy atom. The summed E-state index contributed by atoms with van der Waals surface area (Å²) >= 11 is 4.24. The van der Waals surface area contributed by atoms with Crippen molar-refractivity contribution in [2.45, 2.75) is 50.6 Å². The lowest BCUT2D eigenvalue weighted by molar-refractivity contribution is 0.554. The van der Waals surface area contributed by atoms with E-state index in [-0.39, 0.29) is 12.1 Å². The summed E-state index contributed by atoms with van der Waals surface area (Å²) in [6.45, 7) is 0. The van der Waals surface area contributed by atoms with E-state index in [2.05, 4.69) is 59.3 Å². The number of rotatable bonds is 0. The Labute approximate surface area is 167 Å². The molecule has 0 fully saturated rings. The smallest absolute Gasteiger partial charge is 0.0602 e. The van der Waals surface area contributed by atoms with Gasteiger partial charge in [-0.1, -0.05) is 12.1 Å². The van der Waals surface area contributed by atoms with Gasteiger partial charge in [0.2, 0.25) is 0 Å². The maximum absolute atomic E-state index is 5.88. The van der Waals surface area contributed by atoms with Gasteiger partial charge in [0.15, 0.2) is 0 Å². The third kappa shape index (κ3) is 5.34. The standard InChI is InChI=1S/2C9H12N2.I2/c2*10-8-5-1-3-7-4-2-6-11-9(7)8;1-2/h2*2,4,6,8H,1,3,5,10H2;/t2*8-;/m00./s1. The molecule has 4 N–H and O–H groups in total. The largest absolute Gasteiger partial charge is 0.323 e. The summed E-state index contributed by atoms with van der Waals surface area (Å²) < 4.78 is 0. The minimum absolute atomic E-state index is 0.181. The molecule has 4 nitrogen and oxygen atoms in total. The molecule has 0 spiro atoms. The topological polar surface area (TPSA) is 77.8 Å². The Kier molecular flexibility index (Phi) is 8.85. The zero-order valence-electron chi connectivity index (χ0n) is 13.7. The van der Waals surface area contributed by atoms with E-state index < -0.39 is 0 Å². The zero-order valence-corrected chi connectivity index (χ0v) is 18.0. The molecule has 0 aromatic carbocycles. The Bertz CT molecular complexity index is 580. The van der Waals surface area contributed by atoms with Crippen molar-refractivity contribution in [2.75, 3.05) is 0 Å². The third-order valence-electron chi connectivity index (χ3n) is 4.48. The highest BCUT2D eigenvalue weighted by molar-refractivity contribution is 15.0. The zero-order chi connectivity index (χ0) is 17.4. The highest BCUT2D eigenvalue weighted by Crippen LogP contribution is 2.25. The fraction of sp³-hybridized carbons (Fsp3) is 0.444. The Balaban J connectivity index is 0.000000158. The predicted molar refractivity (Wildman–Crippen MR) is 116 cm³/mol. The van der Waals surface area contributed by atoms with E-state index in [1.165, 1.54) is 24.0 Å². The van der Waals surface area contributed by atoms with Gasteiger partial charge in [-0.05, 0) is 61.8 Å². The van der Waals surface area contributed by atoms with Crippen molar-refractivity contribution in [2.24, 2.45) is 11.5 Å². The van der Waals surface area contributed by atoms with Crippen LogP contribution in [0.3, 0.4) is 0 Å². The molecule has 2 aliphatic carbocycles. The Hall–Kier alpha value is -0.320. The molecule has 6 heteroatoms. The second kappa shape index (κ2) is 10.6. The van der Waals surface area contributed by atoms with Gasteiger partial charge < -0.3 is 11.5 Å². The van der Waals surface area contributed by atoms with Crippen LogP contribution in [-0.2, 0) is 12.8 Å². The number of hydrogen-bond acceptors (Lipinski definition) is 4. The summed E-state index contributed by atoms with van der Waals surface area (Å²) in [5.41, 5.74) is 16.7. The van der Waals surface area contributed by atoms with E-state index in [9.17, 15) is 0 Å². The molecule has 130 valence electrons. The quantitative estimate of drug-likeness (QED) is 0.471. The lowest BCUT2D eigenvalue weighted by Crippen LogP contribution is -2.18. The lowest BCUT2D eigenvalue weighted by Gasteiger charge is -2.19. The van der Waals surface area contributed by atoms with Crippen LogP contribution in [0.15, 0.2) is 36.7 Å². The molecule has 24 heavy (non-hydrogen) atoms. The molecule has 0 radical (unpaired) electrons. The maximum atomic E-state index is 5.88. The SMILES string of the molecule is II.N[C@H]1CCCc2cccnc21.N[C@H]1CCCc2cccnc21. The van der Waals surface area contributed by atoms with Gasteiger partial charge in [0.25, 0.3) is 0 Å². The number of nitrogens with zero attached hydrogens (tertiary/aromatic N) is 2. The fourth-order valence-corrected chi connectivity index (χ4v) is 3.29. The van der Waals surface area contributed by atoms with E-state index in [1.54, 1.807) is 0 Å². The first-order valence-corrected chi connectivity index (χ1v) is 14.6.